The molecule has 1 unspecified atom stereocenters. The van der Waals surface area contributed by atoms with Crippen LogP contribution in [0.1, 0.15) is 26.0 Å². The minimum absolute atomic E-state index is 0.326. The molecule has 2 heterocycles. The van der Waals surface area contributed by atoms with Crippen molar-refractivity contribution in [2.24, 2.45) is 5.41 Å². The van der Waals surface area contributed by atoms with Crippen molar-refractivity contribution < 1.29 is 0 Å². The average Bonchev–Trinajstić information content (AvgIpc) is 2.28. The Labute approximate surface area is 97.7 Å². The molecule has 3 nitrogen and oxygen atoms in total. The molecule has 2 rings (SSSR count). The van der Waals surface area contributed by atoms with Crippen LogP contribution in [-0.4, -0.2) is 24.1 Å². The monoisotopic (exact) mass is 219 g/mol. The molecule has 1 aromatic rings. The minimum Gasteiger partial charge on any atom is -0.316 e. The highest BCUT2D eigenvalue weighted by Crippen LogP contribution is 2.25. The molecule has 3 heteroatoms. The Bertz CT molecular complexity index is 321. The van der Waals surface area contributed by atoms with Crippen LogP contribution in [-0.2, 0) is 6.54 Å². The number of hydrogen-bond donors (Lipinski definition) is 2. The molecule has 0 radical (unpaired) electrons. The zero-order valence-electron chi connectivity index (χ0n) is 10.2. The van der Waals surface area contributed by atoms with Gasteiger partial charge in [0.2, 0.25) is 0 Å². The van der Waals surface area contributed by atoms with Gasteiger partial charge < -0.3 is 10.6 Å². The van der Waals surface area contributed by atoms with Crippen molar-refractivity contribution in [3.05, 3.63) is 30.1 Å². The normalized spacial score (nSPS) is 24.2. The molecule has 0 bridgehead atoms. The molecule has 1 fully saturated rings. The van der Waals surface area contributed by atoms with Crippen molar-refractivity contribution in [1.82, 2.24) is 15.6 Å². The summed E-state index contributed by atoms with van der Waals surface area (Å²) in [6.07, 6.45) is 3.05. The maximum atomic E-state index is 4.33. The Morgan fingerprint density at radius 3 is 3.06 bits per heavy atom. The van der Waals surface area contributed by atoms with Crippen LogP contribution in [0.15, 0.2) is 24.4 Å². The van der Waals surface area contributed by atoms with Crippen LogP contribution in [0.4, 0.5) is 0 Å². The van der Waals surface area contributed by atoms with Crippen molar-refractivity contribution in [2.75, 3.05) is 13.1 Å². The third kappa shape index (κ3) is 2.80. The second-order valence-electron chi connectivity index (χ2n) is 5.21. The quantitative estimate of drug-likeness (QED) is 0.810. The highest BCUT2D eigenvalue weighted by Gasteiger charge is 2.31. The fourth-order valence-corrected chi connectivity index (χ4v) is 2.28. The van der Waals surface area contributed by atoms with Crippen LogP contribution in [0.5, 0.6) is 0 Å². The van der Waals surface area contributed by atoms with Gasteiger partial charge in [-0.25, -0.2) is 0 Å². The SMILES string of the molecule is CC1(C)CNCCC1NCc1ccccn1. The first kappa shape index (κ1) is 11.6. The number of piperidine rings is 1. The predicted octanol–water partition coefficient (Wildman–Crippen LogP) is 1.56. The number of nitrogens with zero attached hydrogens (tertiary/aromatic N) is 1. The molecule has 88 valence electrons. The van der Waals surface area contributed by atoms with E-state index in [4.69, 9.17) is 0 Å². The van der Waals surface area contributed by atoms with Gasteiger partial charge in [-0.15, -0.1) is 0 Å². The summed E-state index contributed by atoms with van der Waals surface area (Å²) in [5.74, 6) is 0. The van der Waals surface area contributed by atoms with Crippen LogP contribution >= 0.6 is 0 Å². The summed E-state index contributed by atoms with van der Waals surface area (Å²) in [6, 6.07) is 6.65. The lowest BCUT2D eigenvalue weighted by Gasteiger charge is -2.39. The highest BCUT2D eigenvalue weighted by atomic mass is 15.0. The maximum absolute atomic E-state index is 4.33. The van der Waals surface area contributed by atoms with Crippen LogP contribution in [0, 0.1) is 5.41 Å². The van der Waals surface area contributed by atoms with Gasteiger partial charge in [-0.05, 0) is 30.5 Å². The highest BCUT2D eigenvalue weighted by molar-refractivity contribution is 5.04. The smallest absolute Gasteiger partial charge is 0.0541 e. The standard InChI is InChI=1S/C13H21N3/c1-13(2)10-14-8-6-12(13)16-9-11-5-3-4-7-15-11/h3-5,7,12,14,16H,6,8-10H2,1-2H3. The lowest BCUT2D eigenvalue weighted by Crippen LogP contribution is -2.52. The molecule has 1 atom stereocenters. The van der Waals surface area contributed by atoms with Crippen LogP contribution in [0.3, 0.4) is 0 Å². The van der Waals surface area contributed by atoms with Gasteiger partial charge in [-0.1, -0.05) is 19.9 Å². The molecule has 1 saturated heterocycles. The first-order valence-electron chi connectivity index (χ1n) is 6.02. The molecule has 0 aliphatic carbocycles. The zero-order chi connectivity index (χ0) is 11.4. The van der Waals surface area contributed by atoms with E-state index in [1.807, 2.05) is 18.3 Å². The summed E-state index contributed by atoms with van der Waals surface area (Å²) < 4.78 is 0. The largest absolute Gasteiger partial charge is 0.316 e. The Balaban J connectivity index is 1.90. The van der Waals surface area contributed by atoms with Crippen molar-refractivity contribution >= 4 is 0 Å². The Morgan fingerprint density at radius 2 is 2.38 bits per heavy atom. The number of hydrogen-bond acceptors (Lipinski definition) is 3. The predicted molar refractivity (Wildman–Crippen MR) is 66.1 cm³/mol. The number of nitrogens with one attached hydrogen (secondary N) is 2. The summed E-state index contributed by atoms with van der Waals surface area (Å²) in [5, 5.41) is 7.07. The Hall–Kier alpha value is -0.930. The second-order valence-corrected chi connectivity index (χ2v) is 5.21. The molecule has 2 N–H and O–H groups in total. The lowest BCUT2D eigenvalue weighted by atomic mass is 9.80. The lowest BCUT2D eigenvalue weighted by molar-refractivity contribution is 0.183. The minimum atomic E-state index is 0.326. The summed E-state index contributed by atoms with van der Waals surface area (Å²) in [6.45, 7) is 7.70. The topological polar surface area (TPSA) is 37.0 Å². The molecule has 0 amide bonds. The first-order chi connectivity index (χ1) is 7.68. The summed E-state index contributed by atoms with van der Waals surface area (Å²) in [4.78, 5) is 4.33. The Morgan fingerprint density at radius 1 is 1.50 bits per heavy atom. The van der Waals surface area contributed by atoms with Gasteiger partial charge in [-0.2, -0.15) is 0 Å². The van der Waals surface area contributed by atoms with Gasteiger partial charge in [-0.3, -0.25) is 4.98 Å². The van der Waals surface area contributed by atoms with E-state index in [9.17, 15) is 0 Å². The zero-order valence-corrected chi connectivity index (χ0v) is 10.2. The molecule has 16 heavy (non-hydrogen) atoms. The third-order valence-electron chi connectivity index (χ3n) is 3.39. The summed E-state index contributed by atoms with van der Waals surface area (Å²) in [5.41, 5.74) is 1.45. The van der Waals surface area contributed by atoms with Gasteiger partial charge in [0.15, 0.2) is 0 Å². The van der Waals surface area contributed by atoms with Gasteiger partial charge in [0.25, 0.3) is 0 Å². The van der Waals surface area contributed by atoms with Gasteiger partial charge in [0, 0.05) is 25.3 Å². The molecule has 1 aliphatic rings. The van der Waals surface area contributed by atoms with Gasteiger partial charge >= 0.3 is 0 Å². The van der Waals surface area contributed by atoms with E-state index in [-0.39, 0.29) is 0 Å². The molecular weight excluding hydrogens is 198 g/mol. The fraction of sp³-hybridized carbons (Fsp3) is 0.615. The van der Waals surface area contributed by atoms with Crippen LogP contribution in [0.25, 0.3) is 0 Å². The van der Waals surface area contributed by atoms with E-state index < -0.39 is 0 Å². The molecule has 0 saturated carbocycles. The maximum Gasteiger partial charge on any atom is 0.0541 e. The van der Waals surface area contributed by atoms with Crippen molar-refractivity contribution in [3.63, 3.8) is 0 Å². The molecule has 0 aromatic carbocycles. The van der Waals surface area contributed by atoms with Crippen molar-refractivity contribution in [3.8, 4) is 0 Å². The van der Waals surface area contributed by atoms with E-state index >= 15 is 0 Å². The first-order valence-corrected chi connectivity index (χ1v) is 6.02. The summed E-state index contributed by atoms with van der Waals surface area (Å²) >= 11 is 0. The molecule has 1 aromatic heterocycles. The van der Waals surface area contributed by atoms with E-state index in [0.29, 0.717) is 11.5 Å². The van der Waals surface area contributed by atoms with Crippen LogP contribution in [0.2, 0.25) is 0 Å². The van der Waals surface area contributed by atoms with Crippen molar-refractivity contribution in [1.29, 1.82) is 0 Å². The van der Waals surface area contributed by atoms with Crippen LogP contribution < -0.4 is 10.6 Å². The molecular formula is C13H21N3. The third-order valence-corrected chi connectivity index (χ3v) is 3.39. The molecule has 0 spiro atoms. The van der Waals surface area contributed by atoms with E-state index in [2.05, 4.69) is 35.5 Å². The summed E-state index contributed by atoms with van der Waals surface area (Å²) in [7, 11) is 0. The second kappa shape index (κ2) is 4.93. The average molecular weight is 219 g/mol. The fourth-order valence-electron chi connectivity index (χ4n) is 2.28. The molecule has 1 aliphatic heterocycles. The van der Waals surface area contributed by atoms with Crippen molar-refractivity contribution in [2.45, 2.75) is 32.9 Å². The Kier molecular flexibility index (Phi) is 3.56. The number of pyridine rings is 1. The van der Waals surface area contributed by atoms with Gasteiger partial charge in [0.1, 0.15) is 0 Å². The number of aromatic nitrogens is 1. The number of rotatable bonds is 3. The van der Waals surface area contributed by atoms with Gasteiger partial charge in [0.05, 0.1) is 5.69 Å². The van der Waals surface area contributed by atoms with E-state index in [0.717, 1.165) is 25.3 Å². The van der Waals surface area contributed by atoms with E-state index in [1.165, 1.54) is 6.42 Å². The van der Waals surface area contributed by atoms with E-state index in [1.54, 1.807) is 0 Å².